The van der Waals surface area contributed by atoms with Gasteiger partial charge in [0.2, 0.25) is 5.91 Å². The number of primary amides is 1. The van der Waals surface area contributed by atoms with Crippen molar-refractivity contribution >= 4 is 56.2 Å². The lowest BCUT2D eigenvalue weighted by atomic mass is 9.95. The third-order valence-corrected chi connectivity index (χ3v) is 8.79. The fraction of sp³-hybridized carbons (Fsp3) is 0.639. The van der Waals surface area contributed by atoms with E-state index in [0.29, 0.717) is 25.2 Å². The van der Waals surface area contributed by atoms with E-state index in [1.807, 2.05) is 58.9 Å². The number of unbranched alkanes of at least 4 members (excludes halogenated alkanes) is 4. The molecule has 1 aliphatic carbocycles. The molecule has 5 N–H and O–H groups in total. The number of nitrogens with two attached hydrogens (primary N) is 1. The molecule has 0 unspecified atom stereocenters. The maximum atomic E-state index is 11.7. The second-order valence-corrected chi connectivity index (χ2v) is 15.1. The maximum Gasteiger partial charge on any atom is 0.307 e. The number of aliphatic carboxylic acids is 1. The average Bonchev–Trinajstić information content (AvgIpc) is 3.69. The summed E-state index contributed by atoms with van der Waals surface area (Å²) >= 11 is 2.42. The molecule has 1 aromatic heterocycles. The van der Waals surface area contributed by atoms with Crippen LogP contribution in [0.4, 0.5) is 4.79 Å². The fourth-order valence-corrected chi connectivity index (χ4v) is 5.82. The van der Waals surface area contributed by atoms with Gasteiger partial charge in [0.1, 0.15) is 0 Å². The van der Waals surface area contributed by atoms with Crippen molar-refractivity contribution in [3.8, 4) is 0 Å². The van der Waals surface area contributed by atoms with Crippen LogP contribution in [0.3, 0.4) is 0 Å². The molecule has 47 heavy (non-hydrogen) atoms. The minimum atomic E-state index is -0.636. The number of thioether (sulfide) groups is 1. The Morgan fingerprint density at radius 2 is 1.70 bits per heavy atom. The summed E-state index contributed by atoms with van der Waals surface area (Å²) in [6.45, 7) is 14.1. The highest BCUT2D eigenvalue weighted by Crippen LogP contribution is 2.39. The Morgan fingerprint density at radius 3 is 2.26 bits per heavy atom. The Bertz CT molecular complexity index is 1250. The predicted molar refractivity (Wildman–Crippen MR) is 198 cm³/mol. The fourth-order valence-electron chi connectivity index (χ4n) is 4.39. The average molecular weight is 694 g/mol. The molecule has 1 heterocycles. The van der Waals surface area contributed by atoms with Crippen molar-refractivity contribution in [2.45, 2.75) is 124 Å². The standard InChI is InChI=1S/C16H30N2O3S.C11H18O2.C7H5NOS.C2H6/c1-5-6-8-12(14(17)20)9-7-10-13(19)11-18-15(21)22-16(2,3)4;1-2-3-4-5-6-7-9-8-10(9)11(12)13;9-7-8-5-3-1-2-4-6(5)10-7;1-2/h12H,5-11H2,1-4H3,(H2,17,20)(H,18,21);6-7,9-10H,2-5,8H2,1H3,(H,12,13);1-4H,(H,8,9);1-2H3/b;7-6-;;/t12-;9-,10+;;/m11../s1. The van der Waals surface area contributed by atoms with Crippen LogP contribution in [0.5, 0.6) is 0 Å². The molecule has 1 aromatic carbocycles. The summed E-state index contributed by atoms with van der Waals surface area (Å²) < 4.78 is 0.855. The van der Waals surface area contributed by atoms with E-state index in [1.165, 1.54) is 42.4 Å². The molecule has 1 aliphatic rings. The van der Waals surface area contributed by atoms with Crippen LogP contribution in [0.1, 0.15) is 119 Å². The molecule has 0 spiro atoms. The van der Waals surface area contributed by atoms with Gasteiger partial charge in [0.25, 0.3) is 5.24 Å². The van der Waals surface area contributed by atoms with Gasteiger partial charge in [-0.15, -0.1) is 0 Å². The van der Waals surface area contributed by atoms with Crippen LogP contribution in [0.2, 0.25) is 0 Å². The summed E-state index contributed by atoms with van der Waals surface area (Å²) in [5.41, 5.74) is 6.30. The number of para-hydroxylation sites is 1. The van der Waals surface area contributed by atoms with Crippen LogP contribution in [-0.4, -0.2) is 44.3 Å². The highest BCUT2D eigenvalue weighted by molar-refractivity contribution is 8.14. The van der Waals surface area contributed by atoms with Crippen molar-refractivity contribution < 1.29 is 24.3 Å². The van der Waals surface area contributed by atoms with Gasteiger partial charge in [-0.3, -0.25) is 24.0 Å². The van der Waals surface area contributed by atoms with E-state index in [0.717, 1.165) is 42.3 Å². The second kappa shape index (κ2) is 25.1. The van der Waals surface area contributed by atoms with E-state index in [4.69, 9.17) is 10.8 Å². The number of thiazole rings is 1. The van der Waals surface area contributed by atoms with Crippen molar-refractivity contribution in [3.63, 3.8) is 0 Å². The number of Topliss-reactive ketones (excluding diaryl/α,β-unsaturated/α-hetero) is 1. The number of hydrogen-bond acceptors (Lipinski definition) is 7. The number of aromatic amines is 1. The van der Waals surface area contributed by atoms with Gasteiger partial charge in [0.15, 0.2) is 5.78 Å². The van der Waals surface area contributed by atoms with Gasteiger partial charge in [0.05, 0.1) is 22.7 Å². The molecule has 0 bridgehead atoms. The van der Waals surface area contributed by atoms with Gasteiger partial charge >= 0.3 is 10.8 Å². The molecule has 9 nitrogen and oxygen atoms in total. The second-order valence-electron chi connectivity index (χ2n) is 12.3. The van der Waals surface area contributed by atoms with Crippen LogP contribution in [0.15, 0.2) is 41.2 Å². The number of carboxylic acids is 1. The monoisotopic (exact) mass is 693 g/mol. The van der Waals surface area contributed by atoms with Crippen LogP contribution in [0, 0.1) is 17.8 Å². The number of carbonyl (C=O) groups excluding carboxylic acids is 3. The Kier molecular flexibility index (Phi) is 23.6. The minimum absolute atomic E-state index is 0.0124. The van der Waals surface area contributed by atoms with E-state index in [1.54, 1.807) is 0 Å². The highest BCUT2D eigenvalue weighted by atomic mass is 32.2. The van der Waals surface area contributed by atoms with Gasteiger partial charge in [-0.25, -0.2) is 0 Å². The molecular formula is C36H59N3O6S2. The molecule has 2 amide bonds. The number of carbonyl (C=O) groups is 4. The smallest absolute Gasteiger partial charge is 0.307 e. The summed E-state index contributed by atoms with van der Waals surface area (Å²) in [5, 5.41) is 11.1. The van der Waals surface area contributed by atoms with Crippen LogP contribution in [0.25, 0.3) is 10.2 Å². The number of rotatable bonds is 16. The van der Waals surface area contributed by atoms with E-state index >= 15 is 0 Å². The molecule has 3 rings (SSSR count). The molecule has 3 atom stereocenters. The van der Waals surface area contributed by atoms with Crippen molar-refractivity contribution in [2.24, 2.45) is 23.5 Å². The summed E-state index contributed by atoms with van der Waals surface area (Å²) in [7, 11) is 0. The summed E-state index contributed by atoms with van der Waals surface area (Å²) in [6.07, 6.45) is 14.4. The molecule has 0 saturated heterocycles. The van der Waals surface area contributed by atoms with Gasteiger partial charge in [-0.1, -0.05) is 122 Å². The summed E-state index contributed by atoms with van der Waals surface area (Å²) in [4.78, 5) is 58.6. The largest absolute Gasteiger partial charge is 0.481 e. The number of nitrogens with one attached hydrogen (secondary N) is 2. The van der Waals surface area contributed by atoms with Crippen LogP contribution in [-0.2, 0) is 14.4 Å². The third-order valence-electron chi connectivity index (χ3n) is 6.99. The number of allylic oxidation sites excluding steroid dienone is 2. The molecule has 1 fully saturated rings. The van der Waals surface area contributed by atoms with Crippen molar-refractivity contribution in [1.82, 2.24) is 10.3 Å². The molecule has 0 radical (unpaired) electrons. The van der Waals surface area contributed by atoms with Crippen molar-refractivity contribution in [3.05, 3.63) is 46.1 Å². The molecular weight excluding hydrogens is 635 g/mol. The zero-order valence-electron chi connectivity index (χ0n) is 29.6. The molecule has 266 valence electrons. The molecule has 2 aromatic rings. The third kappa shape index (κ3) is 22.3. The first-order valence-electron chi connectivity index (χ1n) is 17.0. The quantitative estimate of drug-likeness (QED) is 0.101. The zero-order valence-corrected chi connectivity index (χ0v) is 31.2. The number of fused-ring (bicyclic) bond motifs is 1. The minimum Gasteiger partial charge on any atom is -0.481 e. The van der Waals surface area contributed by atoms with Crippen molar-refractivity contribution in [2.75, 3.05) is 6.54 Å². The Hall–Kier alpha value is -2.92. The normalized spacial score (nSPS) is 15.6. The predicted octanol–water partition coefficient (Wildman–Crippen LogP) is 8.72. The van der Waals surface area contributed by atoms with E-state index in [2.05, 4.69) is 36.3 Å². The van der Waals surface area contributed by atoms with Crippen LogP contribution >= 0.6 is 23.1 Å². The number of hydrogen-bond donors (Lipinski definition) is 4. The summed E-state index contributed by atoms with van der Waals surface area (Å²) in [6, 6.07) is 7.65. The number of ketones is 1. The van der Waals surface area contributed by atoms with E-state index in [9.17, 15) is 24.0 Å². The van der Waals surface area contributed by atoms with E-state index in [-0.39, 0.29) is 44.9 Å². The lowest BCUT2D eigenvalue weighted by Gasteiger charge is -2.16. The summed E-state index contributed by atoms with van der Waals surface area (Å²) in [5.74, 6) is -0.819. The lowest BCUT2D eigenvalue weighted by molar-refractivity contribution is -0.138. The topological polar surface area (TPSA) is 159 Å². The van der Waals surface area contributed by atoms with Crippen LogP contribution < -0.4 is 15.9 Å². The first-order chi connectivity index (χ1) is 22.3. The Labute approximate surface area is 289 Å². The first kappa shape index (κ1) is 44.1. The Morgan fingerprint density at radius 1 is 1.06 bits per heavy atom. The number of carboxylic acid groups (broad SMARTS) is 1. The lowest BCUT2D eigenvalue weighted by Crippen LogP contribution is -2.29. The van der Waals surface area contributed by atoms with Gasteiger partial charge in [0, 0.05) is 17.1 Å². The number of amides is 2. The molecule has 0 aliphatic heterocycles. The molecule has 11 heteroatoms. The SMILES string of the molecule is CC.CCCCC/C=C\[C@@H]1C[C@@H]1C(=O)O.CCCC[C@H](CCCC(=O)CNC(=O)SC(C)(C)C)C(N)=O.O=c1[nH]c2ccccc2s1. The zero-order chi connectivity index (χ0) is 35.8. The van der Waals surface area contributed by atoms with Gasteiger partial charge < -0.3 is 21.1 Å². The first-order valence-corrected chi connectivity index (χ1v) is 18.7. The number of aromatic nitrogens is 1. The number of H-pyrrole nitrogens is 1. The Balaban J connectivity index is 0.000000709. The highest BCUT2D eigenvalue weighted by Gasteiger charge is 2.40. The molecule has 1 saturated carbocycles. The maximum absolute atomic E-state index is 11.7. The van der Waals surface area contributed by atoms with Gasteiger partial charge in [-0.05, 0) is 56.6 Å². The van der Waals surface area contributed by atoms with Crippen molar-refractivity contribution in [1.29, 1.82) is 0 Å². The van der Waals surface area contributed by atoms with E-state index < -0.39 is 5.97 Å². The number of benzene rings is 1. The van der Waals surface area contributed by atoms with Gasteiger partial charge in [-0.2, -0.15) is 0 Å².